The van der Waals surface area contributed by atoms with E-state index in [0.717, 1.165) is 11.1 Å². The summed E-state index contributed by atoms with van der Waals surface area (Å²) in [6, 6.07) is 10.1. The van der Waals surface area contributed by atoms with Gasteiger partial charge in [-0.3, -0.25) is 0 Å². The molecule has 0 saturated heterocycles. The van der Waals surface area contributed by atoms with E-state index in [1.807, 2.05) is 32.0 Å². The van der Waals surface area contributed by atoms with Crippen LogP contribution in [0.5, 0.6) is 11.6 Å². The number of nitrogen functional groups attached to an aromatic ring is 1. The van der Waals surface area contributed by atoms with E-state index in [2.05, 4.69) is 15.3 Å². The van der Waals surface area contributed by atoms with E-state index in [1.165, 1.54) is 24.5 Å². The van der Waals surface area contributed by atoms with Crippen LogP contribution in [-0.4, -0.2) is 9.97 Å². The van der Waals surface area contributed by atoms with Crippen LogP contribution in [0.3, 0.4) is 0 Å². The van der Waals surface area contributed by atoms with Crippen LogP contribution in [0.1, 0.15) is 11.1 Å². The van der Waals surface area contributed by atoms with Crippen molar-refractivity contribution in [3.8, 4) is 11.6 Å². The molecule has 7 heteroatoms. The van der Waals surface area contributed by atoms with Gasteiger partial charge in [-0.15, -0.1) is 0 Å². The monoisotopic (exact) mass is 358 g/mol. The second kappa shape index (κ2) is 6.94. The van der Waals surface area contributed by atoms with Gasteiger partial charge in [-0.05, 0) is 55.3 Å². The third-order valence-corrected chi connectivity index (χ3v) is 3.73. The summed E-state index contributed by atoms with van der Waals surface area (Å²) in [5.41, 5.74) is 9.03. The molecule has 25 heavy (non-hydrogen) atoms. The second-order valence-electron chi connectivity index (χ2n) is 5.62. The number of aromatic nitrogens is 2. The van der Waals surface area contributed by atoms with E-state index in [0.29, 0.717) is 17.3 Å². The first kappa shape index (κ1) is 17.0. The molecule has 128 valence electrons. The minimum absolute atomic E-state index is 0.00402. The number of benzene rings is 2. The molecule has 3 rings (SSSR count). The molecule has 1 heterocycles. The molecule has 2 aromatic carbocycles. The second-order valence-corrected chi connectivity index (χ2v) is 6.03. The summed E-state index contributed by atoms with van der Waals surface area (Å²) < 4.78 is 19.0. The van der Waals surface area contributed by atoms with E-state index in [-0.39, 0.29) is 16.6 Å². The summed E-state index contributed by atoms with van der Waals surface area (Å²) in [5.74, 6) is 0.716. The maximum atomic E-state index is 13.3. The molecule has 0 amide bonds. The van der Waals surface area contributed by atoms with Gasteiger partial charge in [-0.2, -0.15) is 4.98 Å². The fourth-order valence-electron chi connectivity index (χ4n) is 2.37. The molecule has 0 aliphatic rings. The van der Waals surface area contributed by atoms with Crippen molar-refractivity contribution in [2.75, 3.05) is 11.1 Å². The lowest BCUT2D eigenvalue weighted by atomic mass is 10.1. The maximum Gasteiger partial charge on any atom is 0.248 e. The first-order valence-electron chi connectivity index (χ1n) is 7.51. The van der Waals surface area contributed by atoms with Gasteiger partial charge in [0.05, 0.1) is 5.02 Å². The Hall–Kier alpha value is -2.86. The van der Waals surface area contributed by atoms with E-state index in [4.69, 9.17) is 22.1 Å². The third-order valence-electron chi connectivity index (χ3n) is 3.44. The van der Waals surface area contributed by atoms with E-state index < -0.39 is 5.82 Å². The first-order valence-corrected chi connectivity index (χ1v) is 7.89. The predicted molar refractivity (Wildman–Crippen MR) is 97.1 cm³/mol. The summed E-state index contributed by atoms with van der Waals surface area (Å²) in [6.45, 7) is 3.96. The molecule has 0 saturated carbocycles. The molecule has 0 unspecified atom stereocenters. The van der Waals surface area contributed by atoms with Gasteiger partial charge < -0.3 is 15.8 Å². The quantitative estimate of drug-likeness (QED) is 0.686. The van der Waals surface area contributed by atoms with E-state index >= 15 is 0 Å². The third kappa shape index (κ3) is 3.97. The summed E-state index contributed by atoms with van der Waals surface area (Å²) in [5, 5.41) is 2.99. The van der Waals surface area contributed by atoms with Gasteiger partial charge in [0, 0.05) is 5.69 Å². The highest BCUT2D eigenvalue weighted by Gasteiger charge is 2.12. The van der Waals surface area contributed by atoms with Gasteiger partial charge in [0.15, 0.2) is 5.82 Å². The van der Waals surface area contributed by atoms with Crippen molar-refractivity contribution in [3.63, 3.8) is 0 Å². The smallest absolute Gasteiger partial charge is 0.248 e. The number of ether oxygens (including phenoxy) is 1. The Morgan fingerprint density at radius 1 is 1.08 bits per heavy atom. The number of aryl methyl sites for hydroxylation is 2. The SMILES string of the molecule is Cc1cc(C)cc(Oc2ncnc(Nc3ccc(F)c(Cl)c3)c2N)c1. The molecule has 5 nitrogen and oxygen atoms in total. The van der Waals surface area contributed by atoms with Gasteiger partial charge in [0.1, 0.15) is 23.6 Å². The van der Waals surface area contributed by atoms with E-state index in [1.54, 1.807) is 0 Å². The molecule has 0 atom stereocenters. The van der Waals surface area contributed by atoms with Gasteiger partial charge in [0.2, 0.25) is 5.88 Å². The highest BCUT2D eigenvalue weighted by Crippen LogP contribution is 2.32. The number of hydrogen-bond donors (Lipinski definition) is 2. The Labute approximate surface area is 149 Å². The van der Waals surface area contributed by atoms with Crippen LogP contribution in [0.4, 0.5) is 21.6 Å². The van der Waals surface area contributed by atoms with Crippen LogP contribution in [0, 0.1) is 19.7 Å². The average Bonchev–Trinajstić information content (AvgIpc) is 2.54. The Bertz CT molecular complexity index is 913. The van der Waals surface area contributed by atoms with Crippen LogP contribution < -0.4 is 15.8 Å². The average molecular weight is 359 g/mol. The van der Waals surface area contributed by atoms with Crippen molar-refractivity contribution >= 4 is 28.8 Å². The Balaban J connectivity index is 1.87. The number of nitrogens with one attached hydrogen (secondary N) is 1. The molecule has 1 aromatic heterocycles. The lowest BCUT2D eigenvalue weighted by Crippen LogP contribution is -2.03. The normalized spacial score (nSPS) is 10.6. The fraction of sp³-hybridized carbons (Fsp3) is 0.111. The summed E-state index contributed by atoms with van der Waals surface area (Å²) >= 11 is 5.78. The molecule has 3 N–H and O–H groups in total. The largest absolute Gasteiger partial charge is 0.437 e. The van der Waals surface area contributed by atoms with Crippen LogP contribution in [0.2, 0.25) is 5.02 Å². The first-order chi connectivity index (χ1) is 11.9. The molecule has 0 radical (unpaired) electrons. The molecule has 0 bridgehead atoms. The maximum absolute atomic E-state index is 13.3. The highest BCUT2D eigenvalue weighted by molar-refractivity contribution is 6.31. The molecule has 3 aromatic rings. The Morgan fingerprint density at radius 2 is 1.80 bits per heavy atom. The standard InChI is InChI=1S/C18H16ClFN4O/c1-10-5-11(2)7-13(6-10)25-18-16(21)17(22-9-23-18)24-12-3-4-15(20)14(19)8-12/h3-9H,21H2,1-2H3,(H,22,23,24). The zero-order valence-corrected chi connectivity index (χ0v) is 14.4. The molecule has 0 spiro atoms. The van der Waals surface area contributed by atoms with Crippen LogP contribution in [0.25, 0.3) is 0 Å². The van der Waals surface area contributed by atoms with Crippen molar-refractivity contribution in [3.05, 3.63) is 64.7 Å². The van der Waals surface area contributed by atoms with Crippen molar-refractivity contribution in [1.82, 2.24) is 9.97 Å². The van der Waals surface area contributed by atoms with E-state index in [9.17, 15) is 4.39 Å². The lowest BCUT2D eigenvalue weighted by Gasteiger charge is -2.12. The zero-order chi connectivity index (χ0) is 18.0. The summed E-state index contributed by atoms with van der Waals surface area (Å²) in [4.78, 5) is 8.18. The molecular formula is C18H16ClFN4O. The number of anilines is 3. The highest BCUT2D eigenvalue weighted by atomic mass is 35.5. The van der Waals surface area contributed by atoms with Gasteiger partial charge in [0.25, 0.3) is 0 Å². The minimum atomic E-state index is -0.498. The number of hydrogen-bond acceptors (Lipinski definition) is 5. The zero-order valence-electron chi connectivity index (χ0n) is 13.7. The minimum Gasteiger partial charge on any atom is -0.437 e. The molecule has 0 aliphatic carbocycles. The molecule has 0 aliphatic heterocycles. The van der Waals surface area contributed by atoms with Crippen molar-refractivity contribution in [2.45, 2.75) is 13.8 Å². The van der Waals surface area contributed by atoms with Gasteiger partial charge in [-0.25, -0.2) is 9.37 Å². The summed E-state index contributed by atoms with van der Waals surface area (Å²) in [6.07, 6.45) is 1.34. The van der Waals surface area contributed by atoms with Crippen LogP contribution in [0.15, 0.2) is 42.7 Å². The molecule has 0 fully saturated rings. The van der Waals surface area contributed by atoms with Crippen LogP contribution in [-0.2, 0) is 0 Å². The lowest BCUT2D eigenvalue weighted by molar-refractivity contribution is 0.464. The van der Waals surface area contributed by atoms with Gasteiger partial charge >= 0.3 is 0 Å². The number of nitrogens with two attached hydrogens (primary N) is 1. The molecular weight excluding hydrogens is 343 g/mol. The predicted octanol–water partition coefficient (Wildman–Crippen LogP) is 5.00. The Kier molecular flexibility index (Phi) is 4.72. The van der Waals surface area contributed by atoms with Gasteiger partial charge in [-0.1, -0.05) is 17.7 Å². The van der Waals surface area contributed by atoms with Crippen molar-refractivity contribution in [2.24, 2.45) is 0 Å². The fourth-order valence-corrected chi connectivity index (χ4v) is 2.55. The number of rotatable bonds is 4. The number of halogens is 2. The topological polar surface area (TPSA) is 73.1 Å². The Morgan fingerprint density at radius 3 is 2.48 bits per heavy atom. The van der Waals surface area contributed by atoms with Crippen molar-refractivity contribution in [1.29, 1.82) is 0 Å². The van der Waals surface area contributed by atoms with Crippen LogP contribution >= 0.6 is 11.6 Å². The van der Waals surface area contributed by atoms with Crippen molar-refractivity contribution < 1.29 is 9.13 Å². The number of nitrogens with zero attached hydrogens (tertiary/aromatic N) is 2. The summed E-state index contributed by atoms with van der Waals surface area (Å²) in [7, 11) is 0.